The van der Waals surface area contributed by atoms with Gasteiger partial charge in [0.2, 0.25) is 0 Å². The van der Waals surface area contributed by atoms with Gasteiger partial charge >= 0.3 is 6.03 Å². The first kappa shape index (κ1) is 15.5. The third-order valence-electron chi connectivity index (χ3n) is 3.18. The first-order chi connectivity index (χ1) is 10.2. The number of thiophene rings is 1. The number of carbonyl (C=O) groups excluding carboxylic acids is 1. The van der Waals surface area contributed by atoms with E-state index in [4.69, 9.17) is 4.74 Å². The number of carbonyl (C=O) groups is 1. The predicted molar refractivity (Wildman–Crippen MR) is 82.3 cm³/mol. The molecular formula is C14H20N4O2S. The largest absolute Gasteiger partial charge is 0.374 e. The minimum atomic E-state index is -0.103. The molecule has 114 valence electrons. The van der Waals surface area contributed by atoms with Crippen molar-refractivity contribution in [3.05, 3.63) is 41.1 Å². The van der Waals surface area contributed by atoms with Crippen molar-refractivity contribution >= 4 is 17.4 Å². The van der Waals surface area contributed by atoms with Crippen LogP contribution in [0.4, 0.5) is 4.79 Å². The highest BCUT2D eigenvalue weighted by molar-refractivity contribution is 7.10. The highest BCUT2D eigenvalue weighted by Crippen LogP contribution is 2.20. The Morgan fingerprint density at radius 3 is 3.10 bits per heavy atom. The minimum Gasteiger partial charge on any atom is -0.374 e. The number of aromatic nitrogens is 2. The van der Waals surface area contributed by atoms with Crippen LogP contribution in [0.15, 0.2) is 36.2 Å². The van der Waals surface area contributed by atoms with Crippen LogP contribution in [0.3, 0.4) is 0 Å². The summed E-state index contributed by atoms with van der Waals surface area (Å²) < 4.78 is 7.35. The number of methoxy groups -OCH3 is 1. The Balaban J connectivity index is 1.75. The predicted octanol–water partition coefficient (Wildman–Crippen LogP) is 1.97. The number of rotatable bonds is 7. The molecule has 2 heterocycles. The highest BCUT2D eigenvalue weighted by atomic mass is 32.1. The molecule has 0 saturated heterocycles. The van der Waals surface area contributed by atoms with Crippen LogP contribution >= 0.6 is 11.3 Å². The molecule has 0 aromatic carbocycles. The van der Waals surface area contributed by atoms with Crippen LogP contribution in [0.1, 0.15) is 11.0 Å². The Kier molecular flexibility index (Phi) is 5.77. The number of imidazole rings is 1. The van der Waals surface area contributed by atoms with Crippen molar-refractivity contribution in [2.24, 2.45) is 0 Å². The molecule has 0 aliphatic rings. The summed E-state index contributed by atoms with van der Waals surface area (Å²) in [5.74, 6) is 0. The van der Waals surface area contributed by atoms with Crippen molar-refractivity contribution in [1.82, 2.24) is 19.8 Å². The van der Waals surface area contributed by atoms with Crippen LogP contribution in [0.5, 0.6) is 0 Å². The summed E-state index contributed by atoms with van der Waals surface area (Å²) in [5.41, 5.74) is 0. The Morgan fingerprint density at radius 2 is 2.48 bits per heavy atom. The molecule has 6 nitrogen and oxygen atoms in total. The maximum absolute atomic E-state index is 12.0. The zero-order valence-electron chi connectivity index (χ0n) is 12.2. The van der Waals surface area contributed by atoms with Gasteiger partial charge in [-0.1, -0.05) is 6.07 Å². The fraction of sp³-hybridized carbons (Fsp3) is 0.429. The van der Waals surface area contributed by atoms with Crippen molar-refractivity contribution in [1.29, 1.82) is 0 Å². The number of urea groups is 1. The molecule has 0 saturated carbocycles. The monoisotopic (exact) mass is 308 g/mol. The van der Waals surface area contributed by atoms with Gasteiger partial charge in [-0.25, -0.2) is 9.78 Å². The van der Waals surface area contributed by atoms with Crippen molar-refractivity contribution in [2.45, 2.75) is 12.6 Å². The molecule has 2 rings (SSSR count). The zero-order chi connectivity index (χ0) is 15.1. The highest BCUT2D eigenvalue weighted by Gasteiger charge is 2.14. The summed E-state index contributed by atoms with van der Waals surface area (Å²) in [4.78, 5) is 18.8. The average Bonchev–Trinajstić information content (AvgIpc) is 3.18. The average molecular weight is 308 g/mol. The van der Waals surface area contributed by atoms with E-state index in [1.165, 1.54) is 0 Å². The van der Waals surface area contributed by atoms with Crippen LogP contribution in [0, 0.1) is 0 Å². The second-order valence-electron chi connectivity index (χ2n) is 4.65. The smallest absolute Gasteiger partial charge is 0.317 e. The van der Waals surface area contributed by atoms with E-state index in [1.54, 1.807) is 42.9 Å². The van der Waals surface area contributed by atoms with E-state index in [2.05, 4.69) is 10.3 Å². The maximum Gasteiger partial charge on any atom is 0.317 e. The lowest BCUT2D eigenvalue weighted by Gasteiger charge is -2.20. The quantitative estimate of drug-likeness (QED) is 0.851. The fourth-order valence-corrected chi connectivity index (χ4v) is 2.68. The van der Waals surface area contributed by atoms with Gasteiger partial charge in [-0.15, -0.1) is 11.3 Å². The minimum absolute atomic E-state index is 0.101. The SMILES string of the molecule is CO[C@@H](CNC(=O)N(C)CCn1ccnc1)c1cccs1. The number of hydrogen-bond donors (Lipinski definition) is 1. The van der Waals surface area contributed by atoms with Gasteiger partial charge in [0, 0.05) is 44.5 Å². The molecular weight excluding hydrogens is 288 g/mol. The van der Waals surface area contributed by atoms with E-state index >= 15 is 0 Å². The van der Waals surface area contributed by atoms with E-state index in [0.717, 1.165) is 11.4 Å². The van der Waals surface area contributed by atoms with Gasteiger partial charge in [-0.3, -0.25) is 0 Å². The van der Waals surface area contributed by atoms with Crippen LogP contribution in [-0.2, 0) is 11.3 Å². The molecule has 21 heavy (non-hydrogen) atoms. The Labute approximate surface area is 128 Å². The van der Waals surface area contributed by atoms with Crippen molar-refractivity contribution in [3.8, 4) is 0 Å². The fourth-order valence-electron chi connectivity index (χ4n) is 1.88. The molecule has 7 heteroatoms. The number of ether oxygens (including phenoxy) is 1. The lowest BCUT2D eigenvalue weighted by atomic mass is 10.3. The standard InChI is InChI=1S/C14H20N4O2S/c1-17(7-8-18-6-5-15-11-18)14(19)16-10-12(20-2)13-4-3-9-21-13/h3-6,9,11-12H,7-8,10H2,1-2H3,(H,16,19)/t12-/m0/s1. The molecule has 0 spiro atoms. The summed E-state index contributed by atoms with van der Waals surface area (Å²) in [6.45, 7) is 1.81. The number of nitrogens with one attached hydrogen (secondary N) is 1. The number of hydrogen-bond acceptors (Lipinski definition) is 4. The molecule has 0 unspecified atom stereocenters. The Bertz CT molecular complexity index is 527. The number of nitrogens with zero attached hydrogens (tertiary/aromatic N) is 3. The number of amides is 2. The van der Waals surface area contributed by atoms with Gasteiger partial charge in [-0.2, -0.15) is 0 Å². The first-order valence-electron chi connectivity index (χ1n) is 6.71. The molecule has 0 radical (unpaired) electrons. The van der Waals surface area contributed by atoms with E-state index in [0.29, 0.717) is 13.1 Å². The Morgan fingerprint density at radius 1 is 1.62 bits per heavy atom. The second-order valence-corrected chi connectivity index (χ2v) is 5.63. The van der Waals surface area contributed by atoms with Crippen molar-refractivity contribution < 1.29 is 9.53 Å². The summed E-state index contributed by atoms with van der Waals surface area (Å²) >= 11 is 1.62. The molecule has 1 atom stereocenters. The molecule has 2 amide bonds. The van der Waals surface area contributed by atoms with Crippen LogP contribution in [-0.4, -0.2) is 47.7 Å². The zero-order valence-corrected chi connectivity index (χ0v) is 13.0. The lowest BCUT2D eigenvalue weighted by molar-refractivity contribution is 0.105. The van der Waals surface area contributed by atoms with Gasteiger partial charge in [0.15, 0.2) is 0 Å². The van der Waals surface area contributed by atoms with Gasteiger partial charge in [0.05, 0.1) is 12.9 Å². The maximum atomic E-state index is 12.0. The molecule has 0 aliphatic heterocycles. The van der Waals surface area contributed by atoms with Crippen LogP contribution in [0.2, 0.25) is 0 Å². The summed E-state index contributed by atoms with van der Waals surface area (Å²) in [6, 6.07) is 3.88. The van der Waals surface area contributed by atoms with Crippen molar-refractivity contribution in [2.75, 3.05) is 27.2 Å². The molecule has 0 aliphatic carbocycles. The molecule has 0 fully saturated rings. The first-order valence-corrected chi connectivity index (χ1v) is 7.59. The Hall–Kier alpha value is -1.86. The van der Waals surface area contributed by atoms with E-state index in [-0.39, 0.29) is 12.1 Å². The lowest BCUT2D eigenvalue weighted by Crippen LogP contribution is -2.40. The summed E-state index contributed by atoms with van der Waals surface area (Å²) in [5, 5.41) is 4.90. The second kappa shape index (κ2) is 7.80. The van der Waals surface area contributed by atoms with E-state index in [1.807, 2.05) is 28.3 Å². The van der Waals surface area contributed by atoms with Gasteiger partial charge in [-0.05, 0) is 11.4 Å². The molecule has 2 aromatic rings. The van der Waals surface area contributed by atoms with Gasteiger partial charge in [0.1, 0.15) is 6.10 Å². The summed E-state index contributed by atoms with van der Waals surface area (Å²) in [6.07, 6.45) is 5.24. The third-order valence-corrected chi connectivity index (χ3v) is 4.15. The van der Waals surface area contributed by atoms with Gasteiger partial charge in [0.25, 0.3) is 0 Å². The molecule has 0 bridgehead atoms. The molecule has 2 aromatic heterocycles. The third kappa shape index (κ3) is 4.57. The van der Waals surface area contributed by atoms with Crippen molar-refractivity contribution in [3.63, 3.8) is 0 Å². The van der Waals surface area contributed by atoms with Crippen LogP contribution < -0.4 is 5.32 Å². The van der Waals surface area contributed by atoms with Crippen LogP contribution in [0.25, 0.3) is 0 Å². The van der Waals surface area contributed by atoms with Gasteiger partial charge < -0.3 is 19.5 Å². The molecule has 1 N–H and O–H groups in total. The van der Waals surface area contributed by atoms with E-state index in [9.17, 15) is 4.79 Å². The topological polar surface area (TPSA) is 59.4 Å². The van der Waals surface area contributed by atoms with E-state index < -0.39 is 0 Å². The number of likely N-dealkylation sites (N-methyl/N-ethyl adjacent to an activating group) is 1. The normalized spacial score (nSPS) is 12.1. The summed E-state index contributed by atoms with van der Waals surface area (Å²) in [7, 11) is 3.43.